The van der Waals surface area contributed by atoms with Crippen molar-refractivity contribution in [2.75, 3.05) is 20.4 Å². The molecular formula is C66H47F13N8O6. The number of carbonyl (C=O) groups excluding carboxylic acids is 2. The van der Waals surface area contributed by atoms with Gasteiger partial charge in [-0.15, -0.1) is 0 Å². The van der Waals surface area contributed by atoms with E-state index in [1.165, 1.54) is 32.2 Å². The maximum atomic E-state index is 15.5. The van der Waals surface area contributed by atoms with Crippen molar-refractivity contribution in [3.05, 3.63) is 218 Å². The van der Waals surface area contributed by atoms with Crippen molar-refractivity contribution in [2.45, 2.75) is 77.6 Å². The molecule has 5 heterocycles. The van der Waals surface area contributed by atoms with Crippen molar-refractivity contribution < 1.29 is 85.6 Å². The summed E-state index contributed by atoms with van der Waals surface area (Å²) in [7, 11) is 1.26. The molecule has 1 saturated carbocycles. The second-order valence-electron chi connectivity index (χ2n) is 22.1. The Balaban J connectivity index is 0.000000190. The number of esters is 1. The number of hydrogen-bond donors (Lipinski definition) is 0. The highest BCUT2D eigenvalue weighted by Gasteiger charge is 2.44. The number of Topliss-reactive ketones (excluding diaryl/α,β-unsaturated/α-hetero) is 1. The second-order valence-corrected chi connectivity index (χ2v) is 22.1. The topological polar surface area (TPSA) is 169 Å². The third-order valence-corrected chi connectivity index (χ3v) is 15.8. The number of rotatable bonds is 19. The van der Waals surface area contributed by atoms with E-state index in [1.807, 2.05) is 0 Å². The van der Waals surface area contributed by atoms with Crippen LogP contribution in [0.15, 0.2) is 109 Å². The summed E-state index contributed by atoms with van der Waals surface area (Å²) < 4.78 is 211. The number of ketones is 1. The van der Waals surface area contributed by atoms with Crippen LogP contribution in [0, 0.1) is 69.1 Å². The van der Waals surface area contributed by atoms with Gasteiger partial charge in [-0.25, -0.2) is 59.9 Å². The van der Waals surface area contributed by atoms with Crippen LogP contribution < -0.4 is 9.47 Å². The lowest BCUT2D eigenvalue weighted by Crippen LogP contribution is -2.31. The van der Waals surface area contributed by atoms with Gasteiger partial charge in [0, 0.05) is 53.7 Å². The number of nitriles is 1. The molecule has 6 aromatic carbocycles. The molecule has 14 nitrogen and oxygen atoms in total. The Labute approximate surface area is 518 Å². The van der Waals surface area contributed by atoms with E-state index in [9.17, 15) is 49.1 Å². The number of aromatic nitrogens is 7. The lowest BCUT2D eigenvalue weighted by Gasteiger charge is -2.27. The summed E-state index contributed by atoms with van der Waals surface area (Å²) in [4.78, 5) is 44.6. The lowest BCUT2D eigenvalue weighted by atomic mass is 10.0. The number of carbonyl (C=O) groups is 2. The van der Waals surface area contributed by atoms with E-state index in [4.69, 9.17) is 24.2 Å². The van der Waals surface area contributed by atoms with E-state index < -0.39 is 119 Å². The minimum atomic E-state index is -4.76. The summed E-state index contributed by atoms with van der Waals surface area (Å²) in [5.74, 6) is -10.5. The highest BCUT2D eigenvalue weighted by atomic mass is 19.4. The van der Waals surface area contributed by atoms with Gasteiger partial charge in [-0.2, -0.15) is 27.8 Å². The normalized spacial score (nSPS) is 14.1. The molecule has 478 valence electrons. The zero-order valence-electron chi connectivity index (χ0n) is 48.7. The maximum absolute atomic E-state index is 15.5. The second kappa shape index (κ2) is 26.2. The van der Waals surface area contributed by atoms with E-state index >= 15 is 17.6 Å². The zero-order chi connectivity index (χ0) is 66.2. The molecular weight excluding hydrogens is 1250 g/mol. The SMILES string of the molecule is CC(=O)c1cc(F)c2nc(Cc3cc(F)c(-c4ncc(F)c(OCc5ccc(C#N)cc5F)n4)cc3F)n(CC3(CF)CC3)c2c1.COC(=O)c1ccc2nc(Cc3cc(F)c(-c4ccc(F)c(OCc5ccc(C(F)(F)F)cc5F)n4)cc3F)n(C[C@@H]3CCO3)c2c1. The Morgan fingerprint density at radius 2 is 1.27 bits per heavy atom. The van der Waals surface area contributed by atoms with Crippen LogP contribution in [0.25, 0.3) is 44.7 Å². The minimum absolute atomic E-state index is 0.00248. The van der Waals surface area contributed by atoms with E-state index in [0.717, 1.165) is 61.0 Å². The Hall–Kier alpha value is -10.2. The van der Waals surface area contributed by atoms with Crippen LogP contribution in [0.3, 0.4) is 0 Å². The van der Waals surface area contributed by atoms with Crippen LogP contribution in [0.2, 0.25) is 0 Å². The molecule has 10 aromatic rings. The monoisotopic (exact) mass is 1290 g/mol. The predicted molar refractivity (Wildman–Crippen MR) is 306 cm³/mol. The van der Waals surface area contributed by atoms with Crippen molar-refractivity contribution in [2.24, 2.45) is 5.41 Å². The van der Waals surface area contributed by atoms with Gasteiger partial charge >= 0.3 is 12.1 Å². The smallest absolute Gasteiger partial charge is 0.416 e. The van der Waals surface area contributed by atoms with Gasteiger partial charge in [-0.3, -0.25) is 9.18 Å². The van der Waals surface area contributed by atoms with Crippen LogP contribution >= 0.6 is 0 Å². The molecule has 1 aliphatic heterocycles. The number of benzene rings is 6. The standard InChI is InChI=1S/C33H24F7N3O4.C33H23F6N5O2/c1-45-32(44)17-3-6-28-29(11-17)43(15-21-8-9-46-21)30(41-28)12-19-10-26(37)22(14-25(19)36)27-7-5-23(34)31(42-27)47-16-18-2-4-20(13-24(18)35)33(38,39)40;1-17(45)20-7-26(38)30-28(9-20)44(16-33(15-34)4-5-33)29(42-30)10-21-8-25(37)22(11-24(21)36)31-41-13-27(39)32(43-31)46-14-19-3-2-18(12-40)6-23(19)35/h2-7,10-11,13-14,21H,8-9,12,15-16H2,1H3;2-3,6-9,11,13H,4-5,10,14-16H2,1H3/t21-;/m0./s1. The van der Waals surface area contributed by atoms with Crippen molar-refractivity contribution in [3.63, 3.8) is 0 Å². The molecule has 1 aliphatic carbocycles. The van der Waals surface area contributed by atoms with Crippen molar-refractivity contribution >= 4 is 33.8 Å². The summed E-state index contributed by atoms with van der Waals surface area (Å²) in [6.07, 6.45) is -2.64. The van der Waals surface area contributed by atoms with Gasteiger partial charge in [0.1, 0.15) is 65.3 Å². The van der Waals surface area contributed by atoms with Gasteiger partial charge in [-0.05, 0) is 128 Å². The number of imidazole rings is 2. The first-order chi connectivity index (χ1) is 44.4. The van der Waals surface area contributed by atoms with Crippen LogP contribution in [-0.4, -0.2) is 72.3 Å². The lowest BCUT2D eigenvalue weighted by molar-refractivity contribution is -0.137. The number of pyridine rings is 1. The molecule has 93 heavy (non-hydrogen) atoms. The molecule has 2 fully saturated rings. The summed E-state index contributed by atoms with van der Waals surface area (Å²) >= 11 is 0. The molecule has 2 aliphatic rings. The molecule has 0 N–H and O–H groups in total. The number of methoxy groups -OCH3 is 1. The summed E-state index contributed by atoms with van der Waals surface area (Å²) in [6.45, 7) is 0.568. The number of hydrogen-bond acceptors (Lipinski definition) is 12. The van der Waals surface area contributed by atoms with E-state index in [-0.39, 0.29) is 98.8 Å². The maximum Gasteiger partial charge on any atom is 0.416 e. The van der Waals surface area contributed by atoms with Crippen molar-refractivity contribution in [3.8, 4) is 40.5 Å². The van der Waals surface area contributed by atoms with Crippen LogP contribution in [0.1, 0.15) is 91.9 Å². The summed E-state index contributed by atoms with van der Waals surface area (Å²) in [5.41, 5.74) is -1.60. The van der Waals surface area contributed by atoms with Gasteiger partial charge in [-0.1, -0.05) is 12.1 Å². The van der Waals surface area contributed by atoms with Crippen molar-refractivity contribution in [1.29, 1.82) is 5.26 Å². The van der Waals surface area contributed by atoms with Gasteiger partial charge in [0.05, 0.1) is 83.2 Å². The fourth-order valence-corrected chi connectivity index (χ4v) is 10.3. The molecule has 0 unspecified atom stereocenters. The van der Waals surface area contributed by atoms with Crippen molar-refractivity contribution in [1.82, 2.24) is 34.1 Å². The molecule has 1 saturated heterocycles. The highest BCUT2D eigenvalue weighted by molar-refractivity contribution is 5.97. The molecule has 1 atom stereocenters. The summed E-state index contributed by atoms with van der Waals surface area (Å²) in [6, 6.07) is 20.0. The van der Waals surface area contributed by atoms with Crippen LogP contribution in [-0.2, 0) is 54.8 Å². The van der Waals surface area contributed by atoms with E-state index in [2.05, 4.69) is 24.9 Å². The van der Waals surface area contributed by atoms with Gasteiger partial charge in [0.25, 0.3) is 11.8 Å². The van der Waals surface area contributed by atoms with Crippen LogP contribution in [0.4, 0.5) is 57.1 Å². The first kappa shape index (κ1) is 64.3. The molecule has 0 bridgehead atoms. The van der Waals surface area contributed by atoms with Gasteiger partial charge in [0.15, 0.2) is 23.2 Å². The number of nitrogens with zero attached hydrogens (tertiary/aromatic N) is 8. The zero-order valence-corrected chi connectivity index (χ0v) is 48.7. The number of fused-ring (bicyclic) bond motifs is 2. The van der Waals surface area contributed by atoms with E-state index in [0.29, 0.717) is 60.7 Å². The Morgan fingerprint density at radius 1 is 0.645 bits per heavy atom. The molecule has 0 spiro atoms. The Morgan fingerprint density at radius 3 is 1.87 bits per heavy atom. The Bertz CT molecular complexity index is 4640. The van der Waals surface area contributed by atoms with Gasteiger partial charge in [0.2, 0.25) is 5.82 Å². The molecule has 12 rings (SSSR count). The summed E-state index contributed by atoms with van der Waals surface area (Å²) in [5, 5.41) is 8.89. The number of alkyl halides is 4. The molecule has 0 radical (unpaired) electrons. The average molecular weight is 1300 g/mol. The highest BCUT2D eigenvalue weighted by Crippen LogP contribution is 2.48. The number of halogens is 13. The van der Waals surface area contributed by atoms with E-state index in [1.54, 1.807) is 33.4 Å². The largest absolute Gasteiger partial charge is 0.471 e. The van der Waals surface area contributed by atoms with Crippen LogP contribution in [0.5, 0.6) is 11.8 Å². The first-order valence-corrected chi connectivity index (χ1v) is 28.3. The first-order valence-electron chi connectivity index (χ1n) is 28.3. The minimum Gasteiger partial charge on any atom is -0.471 e. The number of ether oxygens (including phenoxy) is 4. The fourth-order valence-electron chi connectivity index (χ4n) is 10.3. The van der Waals surface area contributed by atoms with Gasteiger partial charge < -0.3 is 28.1 Å². The fraction of sp³-hybridized carbons (Fsp3) is 0.242. The predicted octanol–water partition coefficient (Wildman–Crippen LogP) is 14.6. The average Bonchev–Trinajstić information content (AvgIpc) is 1.62. The molecule has 0 amide bonds. The third kappa shape index (κ3) is 13.9. The third-order valence-electron chi connectivity index (χ3n) is 15.8. The quantitative estimate of drug-likeness (QED) is 0.0427. The molecule has 27 heteroatoms. The molecule has 4 aromatic heterocycles. The Kier molecular flexibility index (Phi) is 18.1.